The third-order valence-electron chi connectivity index (χ3n) is 4.72. The van der Waals surface area contributed by atoms with Crippen molar-refractivity contribution in [2.75, 3.05) is 47.1 Å². The van der Waals surface area contributed by atoms with Crippen molar-refractivity contribution in [3.8, 4) is 11.6 Å². The van der Waals surface area contributed by atoms with E-state index in [4.69, 9.17) is 14.2 Å². The van der Waals surface area contributed by atoms with E-state index >= 15 is 0 Å². The molecule has 29 heavy (non-hydrogen) atoms. The van der Waals surface area contributed by atoms with E-state index in [1.165, 1.54) is 0 Å². The first-order valence-electron chi connectivity index (χ1n) is 9.99. The van der Waals surface area contributed by atoms with Gasteiger partial charge in [-0.3, -0.25) is 4.99 Å². The Kier molecular flexibility index (Phi) is 8.12. The molecule has 1 aromatic heterocycles. The molecule has 1 atom stereocenters. The van der Waals surface area contributed by atoms with Gasteiger partial charge in [0.25, 0.3) is 0 Å². The van der Waals surface area contributed by atoms with Crippen molar-refractivity contribution in [3.63, 3.8) is 0 Å². The first-order chi connectivity index (χ1) is 14.2. The Hall–Kier alpha value is -2.80. The van der Waals surface area contributed by atoms with Crippen molar-refractivity contribution in [1.82, 2.24) is 15.2 Å². The van der Waals surface area contributed by atoms with Gasteiger partial charge in [-0.15, -0.1) is 0 Å². The van der Waals surface area contributed by atoms with Crippen molar-refractivity contribution in [3.05, 3.63) is 54.2 Å². The van der Waals surface area contributed by atoms with Crippen molar-refractivity contribution in [2.24, 2.45) is 10.9 Å². The summed E-state index contributed by atoms with van der Waals surface area (Å²) in [5.74, 6) is 2.87. The summed E-state index contributed by atoms with van der Waals surface area (Å²) in [4.78, 5) is 10.9. The van der Waals surface area contributed by atoms with E-state index in [-0.39, 0.29) is 0 Å². The van der Waals surface area contributed by atoms with Gasteiger partial charge in [0.1, 0.15) is 19.0 Å². The van der Waals surface area contributed by atoms with Crippen molar-refractivity contribution in [1.29, 1.82) is 0 Å². The summed E-state index contributed by atoms with van der Waals surface area (Å²) in [6.45, 7) is 4.22. The third-order valence-corrected chi connectivity index (χ3v) is 4.72. The van der Waals surface area contributed by atoms with Crippen LogP contribution in [0.4, 0.5) is 0 Å². The summed E-state index contributed by atoms with van der Waals surface area (Å²) in [5, 5.41) is 3.38. The van der Waals surface area contributed by atoms with Gasteiger partial charge in [0.15, 0.2) is 5.96 Å². The average molecular weight is 399 g/mol. The highest BCUT2D eigenvalue weighted by Crippen LogP contribution is 2.13. The largest absolute Gasteiger partial charge is 0.490 e. The number of nitrogens with one attached hydrogen (secondary N) is 1. The summed E-state index contributed by atoms with van der Waals surface area (Å²) in [7, 11) is 3.86. The molecular weight excluding hydrogens is 368 g/mol. The van der Waals surface area contributed by atoms with Crippen molar-refractivity contribution < 1.29 is 14.2 Å². The van der Waals surface area contributed by atoms with Crippen LogP contribution in [0.3, 0.4) is 0 Å². The number of hydrogen-bond acceptors (Lipinski definition) is 5. The number of ether oxygens (including phenoxy) is 3. The number of pyridine rings is 1. The zero-order chi connectivity index (χ0) is 20.3. The van der Waals surface area contributed by atoms with Crippen molar-refractivity contribution in [2.45, 2.75) is 13.0 Å². The molecule has 0 radical (unpaired) electrons. The van der Waals surface area contributed by atoms with Gasteiger partial charge in [-0.25, -0.2) is 4.98 Å². The molecule has 2 heterocycles. The van der Waals surface area contributed by atoms with Crippen LogP contribution in [0.25, 0.3) is 0 Å². The normalized spacial score (nSPS) is 16.5. The number of aromatic nitrogens is 1. The molecule has 1 unspecified atom stereocenters. The second-order valence-electron chi connectivity index (χ2n) is 7.03. The highest BCUT2D eigenvalue weighted by atomic mass is 16.5. The monoisotopic (exact) mass is 398 g/mol. The minimum absolute atomic E-state index is 0.446. The molecule has 7 heteroatoms. The maximum absolute atomic E-state index is 5.64. The molecule has 1 aliphatic heterocycles. The van der Waals surface area contributed by atoms with Gasteiger partial charge in [0.2, 0.25) is 5.88 Å². The number of rotatable bonds is 9. The van der Waals surface area contributed by atoms with Crippen LogP contribution < -0.4 is 14.8 Å². The number of nitrogens with zero attached hydrogens (tertiary/aromatic N) is 3. The van der Waals surface area contributed by atoms with Crippen LogP contribution in [0.5, 0.6) is 11.6 Å². The Morgan fingerprint density at radius 2 is 2.03 bits per heavy atom. The molecule has 1 aromatic carbocycles. The Balaban J connectivity index is 1.37. The van der Waals surface area contributed by atoms with E-state index in [0.717, 1.165) is 43.5 Å². The van der Waals surface area contributed by atoms with E-state index in [1.807, 2.05) is 48.7 Å². The van der Waals surface area contributed by atoms with E-state index in [1.54, 1.807) is 7.05 Å². The fourth-order valence-corrected chi connectivity index (χ4v) is 3.19. The molecular formula is C22H30N4O3. The van der Waals surface area contributed by atoms with Gasteiger partial charge >= 0.3 is 0 Å². The van der Waals surface area contributed by atoms with Crippen LogP contribution in [0.15, 0.2) is 53.7 Å². The van der Waals surface area contributed by atoms with Gasteiger partial charge < -0.3 is 24.4 Å². The maximum atomic E-state index is 5.64. The summed E-state index contributed by atoms with van der Waals surface area (Å²) in [6.07, 6.45) is 2.93. The lowest BCUT2D eigenvalue weighted by atomic mass is 10.1. The molecule has 0 amide bonds. The number of guanidine groups is 1. The Labute approximate surface area is 172 Å². The fraction of sp³-hybridized carbons (Fsp3) is 0.455. The lowest BCUT2D eigenvalue weighted by Crippen LogP contribution is -2.41. The predicted molar refractivity (Wildman–Crippen MR) is 113 cm³/mol. The third kappa shape index (κ3) is 6.94. The molecule has 0 saturated carbocycles. The molecule has 2 aromatic rings. The summed E-state index contributed by atoms with van der Waals surface area (Å²) in [6, 6.07) is 13.6. The van der Waals surface area contributed by atoms with E-state index in [9.17, 15) is 0 Å². The second-order valence-corrected chi connectivity index (χ2v) is 7.03. The molecule has 1 saturated heterocycles. The van der Waals surface area contributed by atoms with Gasteiger partial charge in [-0.05, 0) is 24.1 Å². The molecule has 156 valence electrons. The quantitative estimate of drug-likeness (QED) is 0.398. The van der Waals surface area contributed by atoms with Gasteiger partial charge in [-0.1, -0.05) is 24.3 Å². The molecule has 3 rings (SSSR count). The Morgan fingerprint density at radius 3 is 2.72 bits per heavy atom. The first kappa shape index (κ1) is 20.9. The topological polar surface area (TPSA) is 68.2 Å². The predicted octanol–water partition coefficient (Wildman–Crippen LogP) is 2.58. The molecule has 0 bridgehead atoms. The highest BCUT2D eigenvalue weighted by molar-refractivity contribution is 5.79. The number of aliphatic imine (C=N–C) groups is 1. The molecule has 1 aliphatic rings. The maximum Gasteiger partial charge on any atom is 0.213 e. The highest BCUT2D eigenvalue weighted by Gasteiger charge is 2.19. The van der Waals surface area contributed by atoms with Crippen LogP contribution in [-0.4, -0.2) is 62.9 Å². The minimum atomic E-state index is 0.446. The summed E-state index contributed by atoms with van der Waals surface area (Å²) < 4.78 is 16.7. The second kappa shape index (κ2) is 11.3. The van der Waals surface area contributed by atoms with Crippen LogP contribution in [-0.2, 0) is 11.3 Å². The van der Waals surface area contributed by atoms with Crippen LogP contribution in [0, 0.1) is 5.92 Å². The standard InChI is InChI=1S/C22H30N4O3/c1-23-22(26(2)16-19-10-11-27-17-19)25-15-18-8-9-21(24-14-18)29-13-12-28-20-6-4-3-5-7-20/h3-9,14,19H,10-13,15-17H2,1-2H3,(H,23,25). The van der Waals surface area contributed by atoms with Gasteiger partial charge in [0, 0.05) is 52.0 Å². The van der Waals surface area contributed by atoms with E-state index < -0.39 is 0 Å². The molecule has 1 N–H and O–H groups in total. The van der Waals surface area contributed by atoms with Crippen molar-refractivity contribution >= 4 is 5.96 Å². The lowest BCUT2D eigenvalue weighted by molar-refractivity contribution is 0.181. The molecule has 0 spiro atoms. The number of benzene rings is 1. The SMILES string of the molecule is CN=C(NCc1ccc(OCCOc2ccccc2)nc1)N(C)CC1CCOC1. The van der Waals surface area contributed by atoms with Crippen LogP contribution in [0.2, 0.25) is 0 Å². The smallest absolute Gasteiger partial charge is 0.213 e. The fourth-order valence-electron chi connectivity index (χ4n) is 3.19. The molecule has 7 nitrogen and oxygen atoms in total. The van der Waals surface area contributed by atoms with Gasteiger partial charge in [-0.2, -0.15) is 0 Å². The lowest BCUT2D eigenvalue weighted by Gasteiger charge is -2.24. The Bertz CT molecular complexity index is 746. The summed E-state index contributed by atoms with van der Waals surface area (Å²) >= 11 is 0. The zero-order valence-electron chi connectivity index (χ0n) is 17.2. The Morgan fingerprint density at radius 1 is 1.21 bits per heavy atom. The van der Waals surface area contributed by atoms with Crippen LogP contribution >= 0.6 is 0 Å². The van der Waals surface area contributed by atoms with Crippen LogP contribution in [0.1, 0.15) is 12.0 Å². The van der Waals surface area contributed by atoms with Gasteiger partial charge in [0.05, 0.1) is 6.61 Å². The van der Waals surface area contributed by atoms with E-state index in [0.29, 0.717) is 31.6 Å². The molecule has 0 aliphatic carbocycles. The van der Waals surface area contributed by atoms with E-state index in [2.05, 4.69) is 27.2 Å². The molecule has 1 fully saturated rings. The first-order valence-corrected chi connectivity index (χ1v) is 9.99. The zero-order valence-corrected chi connectivity index (χ0v) is 17.2. The number of para-hydroxylation sites is 1. The number of hydrogen-bond donors (Lipinski definition) is 1. The average Bonchev–Trinajstić information content (AvgIpc) is 3.26. The minimum Gasteiger partial charge on any atom is -0.490 e. The summed E-state index contributed by atoms with van der Waals surface area (Å²) in [5.41, 5.74) is 1.07.